The average Bonchev–Trinajstić information content (AvgIpc) is 2.52. The predicted octanol–water partition coefficient (Wildman–Crippen LogP) is 1.35. The van der Waals surface area contributed by atoms with Crippen molar-refractivity contribution in [1.82, 2.24) is 5.32 Å². The number of amides is 1. The lowest BCUT2D eigenvalue weighted by Gasteiger charge is -2.10. The monoisotopic (exact) mass is 197 g/mol. The lowest BCUT2D eigenvalue weighted by atomic mass is 10.3. The Labute approximate surface area is 83.2 Å². The summed E-state index contributed by atoms with van der Waals surface area (Å²) in [5, 5.41) is 2.75. The predicted molar refractivity (Wildman–Crippen MR) is 52.2 cm³/mol. The Morgan fingerprint density at radius 1 is 1.64 bits per heavy atom. The maximum absolute atomic E-state index is 11.5. The van der Waals surface area contributed by atoms with Gasteiger partial charge in [0.2, 0.25) is 0 Å². The van der Waals surface area contributed by atoms with Crippen molar-refractivity contribution in [1.29, 1.82) is 0 Å². The molecule has 14 heavy (non-hydrogen) atoms. The molecule has 0 aliphatic rings. The molecule has 1 atom stereocenters. The third-order valence-electron chi connectivity index (χ3n) is 1.76. The Morgan fingerprint density at radius 3 is 2.86 bits per heavy atom. The van der Waals surface area contributed by atoms with Gasteiger partial charge in [-0.25, -0.2) is 0 Å². The van der Waals surface area contributed by atoms with Crippen LogP contribution in [0.15, 0.2) is 16.5 Å². The van der Waals surface area contributed by atoms with E-state index in [2.05, 4.69) is 5.32 Å². The number of nitrogens with one attached hydrogen (secondary N) is 1. The first kappa shape index (κ1) is 10.8. The number of hydrogen-bond donors (Lipinski definition) is 1. The van der Waals surface area contributed by atoms with Gasteiger partial charge in [-0.2, -0.15) is 0 Å². The molecule has 0 saturated carbocycles. The molecule has 0 spiro atoms. The fraction of sp³-hybridized carbons (Fsp3) is 0.500. The number of furan rings is 1. The molecule has 0 aromatic carbocycles. The Kier molecular flexibility index (Phi) is 3.71. The summed E-state index contributed by atoms with van der Waals surface area (Å²) in [6.07, 6.45) is 0. The molecule has 0 radical (unpaired) electrons. The van der Waals surface area contributed by atoms with Gasteiger partial charge in [0.15, 0.2) is 5.76 Å². The first-order valence-corrected chi connectivity index (χ1v) is 4.49. The van der Waals surface area contributed by atoms with E-state index in [-0.39, 0.29) is 11.9 Å². The van der Waals surface area contributed by atoms with Crippen LogP contribution in [0.3, 0.4) is 0 Å². The Bertz CT molecular complexity index is 306. The molecule has 1 amide bonds. The molecule has 0 fully saturated rings. The Morgan fingerprint density at radius 2 is 2.36 bits per heavy atom. The quantitative estimate of drug-likeness (QED) is 0.792. The van der Waals surface area contributed by atoms with Gasteiger partial charge < -0.3 is 14.5 Å². The largest absolute Gasteiger partial charge is 0.456 e. The van der Waals surface area contributed by atoms with Crippen molar-refractivity contribution < 1.29 is 13.9 Å². The Hall–Kier alpha value is -1.29. The summed E-state index contributed by atoms with van der Waals surface area (Å²) >= 11 is 0. The van der Waals surface area contributed by atoms with E-state index in [1.165, 1.54) is 0 Å². The molecule has 0 unspecified atom stereocenters. The van der Waals surface area contributed by atoms with Gasteiger partial charge in [-0.05, 0) is 26.0 Å². The first-order valence-electron chi connectivity index (χ1n) is 4.49. The molecule has 0 aliphatic heterocycles. The van der Waals surface area contributed by atoms with Crippen LogP contribution in [0.4, 0.5) is 0 Å². The van der Waals surface area contributed by atoms with Crippen LogP contribution in [0.5, 0.6) is 0 Å². The van der Waals surface area contributed by atoms with E-state index in [0.717, 1.165) is 5.76 Å². The maximum atomic E-state index is 11.5. The molecule has 4 heteroatoms. The van der Waals surface area contributed by atoms with Gasteiger partial charge in [-0.1, -0.05) is 0 Å². The summed E-state index contributed by atoms with van der Waals surface area (Å²) in [5.41, 5.74) is 0. The Balaban J connectivity index is 2.50. The van der Waals surface area contributed by atoms with Crippen molar-refractivity contribution in [2.24, 2.45) is 0 Å². The third kappa shape index (κ3) is 2.88. The highest BCUT2D eigenvalue weighted by Gasteiger charge is 2.12. The van der Waals surface area contributed by atoms with Crippen LogP contribution in [0.25, 0.3) is 0 Å². The number of carbonyl (C=O) groups is 1. The van der Waals surface area contributed by atoms with E-state index >= 15 is 0 Å². The lowest BCUT2D eigenvalue weighted by Crippen LogP contribution is -2.35. The molecule has 0 bridgehead atoms. The number of methoxy groups -OCH3 is 1. The molecule has 78 valence electrons. The number of hydrogen-bond acceptors (Lipinski definition) is 3. The van der Waals surface area contributed by atoms with Gasteiger partial charge in [0.05, 0.1) is 6.61 Å². The number of ether oxygens (including phenoxy) is 1. The topological polar surface area (TPSA) is 51.5 Å². The van der Waals surface area contributed by atoms with Crippen molar-refractivity contribution in [3.63, 3.8) is 0 Å². The van der Waals surface area contributed by atoms with Gasteiger partial charge in [0.1, 0.15) is 5.76 Å². The average molecular weight is 197 g/mol. The summed E-state index contributed by atoms with van der Waals surface area (Å²) in [7, 11) is 1.60. The highest BCUT2D eigenvalue weighted by atomic mass is 16.5. The van der Waals surface area contributed by atoms with Crippen molar-refractivity contribution in [3.05, 3.63) is 23.7 Å². The normalized spacial score (nSPS) is 12.5. The van der Waals surface area contributed by atoms with Gasteiger partial charge >= 0.3 is 0 Å². The van der Waals surface area contributed by atoms with Gasteiger partial charge in [-0.15, -0.1) is 0 Å². The molecule has 1 rings (SSSR count). The zero-order valence-corrected chi connectivity index (χ0v) is 8.66. The van der Waals surface area contributed by atoms with Crippen LogP contribution in [0.2, 0.25) is 0 Å². The second kappa shape index (κ2) is 4.81. The molecule has 0 aliphatic carbocycles. The second-order valence-electron chi connectivity index (χ2n) is 3.24. The summed E-state index contributed by atoms with van der Waals surface area (Å²) in [6, 6.07) is 3.40. The molecule has 4 nitrogen and oxygen atoms in total. The molecule has 1 heterocycles. The summed E-state index contributed by atoms with van der Waals surface area (Å²) < 4.78 is 10.1. The SMILES string of the molecule is COC[C@@H](C)NC(=O)c1ccc(C)o1. The number of aryl methyl sites for hydroxylation is 1. The fourth-order valence-electron chi connectivity index (χ4n) is 1.14. The minimum Gasteiger partial charge on any atom is -0.456 e. The third-order valence-corrected chi connectivity index (χ3v) is 1.76. The molecule has 1 aromatic heterocycles. The highest BCUT2D eigenvalue weighted by molar-refractivity contribution is 5.91. The number of carbonyl (C=O) groups excluding carboxylic acids is 1. The van der Waals surface area contributed by atoms with Crippen molar-refractivity contribution >= 4 is 5.91 Å². The molecule has 0 saturated heterocycles. The van der Waals surface area contributed by atoms with E-state index in [1.54, 1.807) is 26.2 Å². The molecular weight excluding hydrogens is 182 g/mol. The van der Waals surface area contributed by atoms with Crippen LogP contribution in [-0.2, 0) is 4.74 Å². The lowest BCUT2D eigenvalue weighted by molar-refractivity contribution is 0.0877. The van der Waals surface area contributed by atoms with E-state index < -0.39 is 0 Å². The van der Waals surface area contributed by atoms with Gasteiger partial charge in [0.25, 0.3) is 5.91 Å². The smallest absolute Gasteiger partial charge is 0.287 e. The van der Waals surface area contributed by atoms with Crippen LogP contribution in [0, 0.1) is 6.92 Å². The van der Waals surface area contributed by atoms with Crippen LogP contribution >= 0.6 is 0 Å². The van der Waals surface area contributed by atoms with E-state index in [0.29, 0.717) is 12.4 Å². The van der Waals surface area contributed by atoms with Crippen LogP contribution < -0.4 is 5.32 Å². The first-order chi connectivity index (χ1) is 6.63. The van der Waals surface area contributed by atoms with Crippen LogP contribution in [-0.4, -0.2) is 25.7 Å². The van der Waals surface area contributed by atoms with E-state index in [4.69, 9.17) is 9.15 Å². The summed E-state index contributed by atoms with van der Waals surface area (Å²) in [4.78, 5) is 11.5. The van der Waals surface area contributed by atoms with Crippen molar-refractivity contribution in [3.8, 4) is 0 Å². The van der Waals surface area contributed by atoms with Crippen molar-refractivity contribution in [2.45, 2.75) is 19.9 Å². The minimum atomic E-state index is -0.206. The molecule has 1 aromatic rings. The summed E-state index contributed by atoms with van der Waals surface area (Å²) in [5.74, 6) is 0.864. The van der Waals surface area contributed by atoms with Gasteiger partial charge in [-0.3, -0.25) is 4.79 Å². The van der Waals surface area contributed by atoms with Gasteiger partial charge in [0, 0.05) is 13.2 Å². The second-order valence-corrected chi connectivity index (χ2v) is 3.24. The zero-order valence-electron chi connectivity index (χ0n) is 8.66. The van der Waals surface area contributed by atoms with E-state index in [9.17, 15) is 4.79 Å². The molecule has 1 N–H and O–H groups in total. The highest BCUT2D eigenvalue weighted by Crippen LogP contribution is 2.05. The fourth-order valence-corrected chi connectivity index (χ4v) is 1.14. The number of rotatable bonds is 4. The van der Waals surface area contributed by atoms with E-state index in [1.807, 2.05) is 6.92 Å². The minimum absolute atomic E-state index is 0.0158. The maximum Gasteiger partial charge on any atom is 0.287 e. The zero-order chi connectivity index (χ0) is 10.6. The standard InChI is InChI=1S/C10H15NO3/c1-7(6-13-3)11-10(12)9-5-4-8(2)14-9/h4-5,7H,6H2,1-3H3,(H,11,12)/t7-/m1/s1. The molecular formula is C10H15NO3. The van der Waals surface area contributed by atoms with Crippen LogP contribution in [0.1, 0.15) is 23.2 Å². The van der Waals surface area contributed by atoms with Crippen molar-refractivity contribution in [2.75, 3.05) is 13.7 Å². The summed E-state index contributed by atoms with van der Waals surface area (Å²) in [6.45, 7) is 4.16.